The Hall–Kier alpha value is -0.170. The maximum Gasteiger partial charge on any atom is 0.215 e. The van der Waals surface area contributed by atoms with E-state index >= 15 is 0 Å². The van der Waals surface area contributed by atoms with E-state index in [0.717, 1.165) is 25.8 Å². The minimum atomic E-state index is -3.22. The molecule has 5 nitrogen and oxygen atoms in total. The molecule has 2 aliphatic rings. The molecule has 0 amide bonds. The van der Waals surface area contributed by atoms with E-state index in [0.29, 0.717) is 18.6 Å². The van der Waals surface area contributed by atoms with E-state index in [1.54, 1.807) is 6.92 Å². The van der Waals surface area contributed by atoms with E-state index in [-0.39, 0.29) is 11.3 Å². The third-order valence-corrected chi connectivity index (χ3v) is 6.95. The highest BCUT2D eigenvalue weighted by atomic mass is 32.2. The first-order chi connectivity index (χ1) is 9.94. The van der Waals surface area contributed by atoms with Crippen LogP contribution in [0.15, 0.2) is 0 Å². The summed E-state index contributed by atoms with van der Waals surface area (Å²) in [6.45, 7) is 5.28. The van der Waals surface area contributed by atoms with E-state index in [9.17, 15) is 8.42 Å². The zero-order chi connectivity index (χ0) is 15.5. The van der Waals surface area contributed by atoms with Gasteiger partial charge in [-0.2, -0.15) is 0 Å². The Labute approximate surface area is 129 Å². The summed E-state index contributed by atoms with van der Waals surface area (Å²) in [5.41, 5.74) is 0. The number of fused-ring (bicyclic) bond motifs is 2. The molecule has 2 N–H and O–H groups in total. The normalized spacial score (nSPS) is 32.0. The molecule has 0 spiro atoms. The minimum Gasteiger partial charge on any atom is -0.315 e. The molecule has 2 aliphatic heterocycles. The molecule has 0 aliphatic carbocycles. The molecule has 0 radical (unpaired) electrons. The van der Waals surface area contributed by atoms with Crippen molar-refractivity contribution in [3.63, 3.8) is 0 Å². The number of nitrogens with zero attached hydrogens (tertiary/aromatic N) is 1. The number of sulfonamides is 1. The lowest BCUT2D eigenvalue weighted by Crippen LogP contribution is -2.56. The number of rotatable bonds is 7. The summed E-state index contributed by atoms with van der Waals surface area (Å²) < 4.78 is 27.8. The highest BCUT2D eigenvalue weighted by molar-refractivity contribution is 7.90. The smallest absolute Gasteiger partial charge is 0.215 e. The third-order valence-electron chi connectivity index (χ3n) is 5.06. The van der Waals surface area contributed by atoms with Crippen LogP contribution in [0.5, 0.6) is 0 Å². The minimum absolute atomic E-state index is 0.120. The predicted molar refractivity (Wildman–Crippen MR) is 86.9 cm³/mol. The van der Waals surface area contributed by atoms with Crippen LogP contribution < -0.4 is 10.0 Å². The summed E-state index contributed by atoms with van der Waals surface area (Å²) in [6, 6.07) is 1.23. The Balaban J connectivity index is 1.88. The van der Waals surface area contributed by atoms with Gasteiger partial charge in [-0.05, 0) is 52.6 Å². The molecule has 0 aromatic carbocycles. The summed E-state index contributed by atoms with van der Waals surface area (Å²) in [5, 5.41) is 2.83. The van der Waals surface area contributed by atoms with Gasteiger partial charge in [0.2, 0.25) is 10.0 Å². The maximum atomic E-state index is 12.4. The van der Waals surface area contributed by atoms with Crippen molar-refractivity contribution in [1.29, 1.82) is 0 Å². The molecule has 21 heavy (non-hydrogen) atoms. The topological polar surface area (TPSA) is 61.4 Å². The number of hydrogen-bond acceptors (Lipinski definition) is 4. The molecule has 3 unspecified atom stereocenters. The van der Waals surface area contributed by atoms with Crippen molar-refractivity contribution in [3.05, 3.63) is 0 Å². The molecule has 0 aromatic rings. The van der Waals surface area contributed by atoms with E-state index < -0.39 is 10.0 Å². The van der Waals surface area contributed by atoms with Gasteiger partial charge in [0.1, 0.15) is 0 Å². The van der Waals surface area contributed by atoms with Gasteiger partial charge in [0.05, 0.1) is 5.25 Å². The fourth-order valence-corrected chi connectivity index (χ4v) is 4.88. The molecule has 6 heteroatoms. The van der Waals surface area contributed by atoms with Crippen LogP contribution in [0.1, 0.15) is 52.4 Å². The first-order valence-corrected chi connectivity index (χ1v) is 9.92. The molecule has 3 atom stereocenters. The summed E-state index contributed by atoms with van der Waals surface area (Å²) in [5.74, 6) is 0. The van der Waals surface area contributed by atoms with Crippen molar-refractivity contribution in [2.45, 2.75) is 75.7 Å². The van der Waals surface area contributed by atoms with Crippen LogP contribution in [0.2, 0.25) is 0 Å². The molecule has 2 bridgehead atoms. The van der Waals surface area contributed by atoms with Crippen molar-refractivity contribution in [2.75, 3.05) is 20.1 Å². The van der Waals surface area contributed by atoms with Gasteiger partial charge in [0.25, 0.3) is 0 Å². The van der Waals surface area contributed by atoms with Gasteiger partial charge in [0.15, 0.2) is 0 Å². The SMILES string of the molecule is CCCNCC(C)S(=O)(=O)NC1CC2CCCC(C1)N2C. The highest BCUT2D eigenvalue weighted by Crippen LogP contribution is 2.32. The number of piperidine rings is 2. The van der Waals surface area contributed by atoms with Crippen LogP contribution in [0.4, 0.5) is 0 Å². The third kappa shape index (κ3) is 4.41. The van der Waals surface area contributed by atoms with Crippen molar-refractivity contribution in [2.24, 2.45) is 0 Å². The summed E-state index contributed by atoms with van der Waals surface area (Å²) in [7, 11) is -1.03. The first kappa shape index (κ1) is 17.2. The molecule has 2 saturated heterocycles. The van der Waals surface area contributed by atoms with Gasteiger partial charge in [-0.1, -0.05) is 13.3 Å². The van der Waals surface area contributed by atoms with E-state index in [1.807, 2.05) is 0 Å². The molecule has 2 rings (SSSR count). The van der Waals surface area contributed by atoms with Crippen molar-refractivity contribution >= 4 is 10.0 Å². The van der Waals surface area contributed by atoms with Crippen molar-refractivity contribution < 1.29 is 8.42 Å². The lowest BCUT2D eigenvalue weighted by atomic mass is 9.83. The molecule has 2 heterocycles. The Kier molecular flexibility index (Phi) is 6.05. The Morgan fingerprint density at radius 2 is 1.86 bits per heavy atom. The largest absolute Gasteiger partial charge is 0.315 e. The first-order valence-electron chi connectivity index (χ1n) is 8.37. The Morgan fingerprint density at radius 1 is 1.24 bits per heavy atom. The van der Waals surface area contributed by atoms with Crippen molar-refractivity contribution in [1.82, 2.24) is 14.9 Å². The van der Waals surface area contributed by atoms with Crippen LogP contribution in [0.3, 0.4) is 0 Å². The lowest BCUT2D eigenvalue weighted by Gasteiger charge is -2.47. The zero-order valence-corrected chi connectivity index (χ0v) is 14.5. The zero-order valence-electron chi connectivity index (χ0n) is 13.6. The Bertz CT molecular complexity index is 413. The highest BCUT2D eigenvalue weighted by Gasteiger charge is 2.37. The molecule has 124 valence electrons. The number of nitrogens with one attached hydrogen (secondary N) is 2. The second-order valence-corrected chi connectivity index (χ2v) is 8.88. The monoisotopic (exact) mass is 317 g/mol. The number of hydrogen-bond donors (Lipinski definition) is 2. The summed E-state index contributed by atoms with van der Waals surface area (Å²) >= 11 is 0. The summed E-state index contributed by atoms with van der Waals surface area (Å²) in [4.78, 5) is 2.46. The van der Waals surface area contributed by atoms with Crippen LogP contribution in [0, 0.1) is 0 Å². The second-order valence-electron chi connectivity index (χ2n) is 6.75. The van der Waals surface area contributed by atoms with Gasteiger partial charge >= 0.3 is 0 Å². The molecular formula is C15H31N3O2S. The van der Waals surface area contributed by atoms with Crippen LogP contribution in [0.25, 0.3) is 0 Å². The Morgan fingerprint density at radius 3 is 2.43 bits per heavy atom. The van der Waals surface area contributed by atoms with Gasteiger partial charge < -0.3 is 10.2 Å². The van der Waals surface area contributed by atoms with Gasteiger partial charge in [-0.25, -0.2) is 13.1 Å². The quantitative estimate of drug-likeness (QED) is 0.695. The molecule has 0 saturated carbocycles. The second kappa shape index (κ2) is 7.40. The average Bonchev–Trinajstić information content (AvgIpc) is 2.40. The lowest BCUT2D eigenvalue weighted by molar-refractivity contribution is 0.0535. The van der Waals surface area contributed by atoms with Crippen LogP contribution in [-0.2, 0) is 10.0 Å². The molecular weight excluding hydrogens is 286 g/mol. The molecule has 2 fully saturated rings. The van der Waals surface area contributed by atoms with Gasteiger partial charge in [-0.15, -0.1) is 0 Å². The average molecular weight is 317 g/mol. The molecule has 0 aromatic heterocycles. The fraction of sp³-hybridized carbons (Fsp3) is 1.00. The predicted octanol–water partition coefficient (Wildman–Crippen LogP) is 1.31. The van der Waals surface area contributed by atoms with E-state index in [4.69, 9.17) is 0 Å². The fourth-order valence-electron chi connectivity index (χ4n) is 3.65. The maximum absolute atomic E-state index is 12.4. The van der Waals surface area contributed by atoms with Crippen LogP contribution in [-0.4, -0.2) is 56.8 Å². The van der Waals surface area contributed by atoms with Crippen molar-refractivity contribution in [3.8, 4) is 0 Å². The standard InChI is InChI=1S/C15H31N3O2S/c1-4-8-16-11-12(2)21(19,20)17-13-9-14-6-5-7-15(10-13)18(14)3/h12-17H,4-11H2,1-3H3. The van der Waals surface area contributed by atoms with Gasteiger partial charge in [-0.3, -0.25) is 0 Å². The van der Waals surface area contributed by atoms with Crippen LogP contribution >= 0.6 is 0 Å². The van der Waals surface area contributed by atoms with E-state index in [1.165, 1.54) is 19.3 Å². The van der Waals surface area contributed by atoms with Gasteiger partial charge in [0, 0.05) is 24.7 Å². The summed E-state index contributed by atoms with van der Waals surface area (Å²) in [6.07, 6.45) is 6.65. The van der Waals surface area contributed by atoms with E-state index in [2.05, 4.69) is 28.9 Å².